The number of urea groups is 1. The first kappa shape index (κ1) is 29.7. The molecular weight excluding hydrogens is 552 g/mol. The van der Waals surface area contributed by atoms with Crippen LogP contribution < -0.4 is 15.4 Å². The monoisotopic (exact) mass is 584 g/mol. The Morgan fingerprint density at radius 3 is 2.20 bits per heavy atom. The topological polar surface area (TPSA) is 194 Å². The number of hydrogen-bond acceptors (Lipinski definition) is 7. The number of sulfonamides is 1. The Balaban J connectivity index is 1.38. The van der Waals surface area contributed by atoms with Crippen molar-refractivity contribution in [2.75, 3.05) is 25.0 Å². The molecule has 0 saturated carbocycles. The molecule has 2 aromatic rings. The number of nitrogens with one attached hydrogen (secondary N) is 2. The predicted molar refractivity (Wildman–Crippen MR) is 149 cm³/mol. The molecule has 14 heteroatoms. The largest absolute Gasteiger partial charge is 0.480 e. The Morgan fingerprint density at radius 1 is 1.07 bits per heavy atom. The number of piperidine rings is 1. The number of nitrogens with zero attached hydrogens (tertiary/aromatic N) is 3. The van der Waals surface area contributed by atoms with E-state index in [4.69, 9.17) is 11.1 Å². The third-order valence-corrected chi connectivity index (χ3v) is 9.16. The molecule has 2 aromatic carbocycles. The second kappa shape index (κ2) is 11.3. The summed E-state index contributed by atoms with van der Waals surface area (Å²) in [4.78, 5) is 55.2. The van der Waals surface area contributed by atoms with Gasteiger partial charge in [-0.25, -0.2) is 18.1 Å². The van der Waals surface area contributed by atoms with Gasteiger partial charge >= 0.3 is 12.0 Å². The molecule has 0 radical (unpaired) electrons. The molecule has 2 aliphatic heterocycles. The minimum atomic E-state index is -4.11. The maximum atomic E-state index is 13.5. The number of likely N-dealkylation sites (N-methyl/N-ethyl adjacent to an activating group) is 1. The van der Waals surface area contributed by atoms with Crippen molar-refractivity contribution in [1.82, 2.24) is 14.5 Å². The van der Waals surface area contributed by atoms with Crippen LogP contribution >= 0.6 is 0 Å². The van der Waals surface area contributed by atoms with Gasteiger partial charge in [0.25, 0.3) is 5.91 Å². The molecule has 0 aliphatic carbocycles. The summed E-state index contributed by atoms with van der Waals surface area (Å²) < 4.78 is 27.5. The number of carboxylic acids is 1. The third-order valence-electron chi connectivity index (χ3n) is 7.67. The number of nitrogen functional groups attached to an aromatic ring is 1. The van der Waals surface area contributed by atoms with Crippen LogP contribution in [-0.4, -0.2) is 84.7 Å². The van der Waals surface area contributed by atoms with Crippen LogP contribution in [0.15, 0.2) is 53.4 Å². The number of imide groups is 1. The summed E-state index contributed by atoms with van der Waals surface area (Å²) in [6.45, 7) is 2.11. The molecular formula is C27H32N6O7S. The molecule has 1 spiro atoms. The average Bonchev–Trinajstić information content (AvgIpc) is 3.11. The fourth-order valence-electron chi connectivity index (χ4n) is 5.10. The normalized spacial score (nSPS) is 17.7. The van der Waals surface area contributed by atoms with Gasteiger partial charge < -0.3 is 20.6 Å². The van der Waals surface area contributed by atoms with Gasteiger partial charge in [-0.05, 0) is 62.6 Å². The zero-order chi connectivity index (χ0) is 30.1. The van der Waals surface area contributed by atoms with E-state index >= 15 is 0 Å². The van der Waals surface area contributed by atoms with E-state index in [-0.39, 0.29) is 55.4 Å². The minimum Gasteiger partial charge on any atom is -0.480 e. The zero-order valence-corrected chi connectivity index (χ0v) is 23.5. The number of carboxylic acid groups (broad SMARTS) is 1. The van der Waals surface area contributed by atoms with Crippen LogP contribution in [0.25, 0.3) is 0 Å². The highest BCUT2D eigenvalue weighted by molar-refractivity contribution is 7.89. The number of amides is 4. The molecule has 5 N–H and O–H groups in total. The van der Waals surface area contributed by atoms with Gasteiger partial charge in [0, 0.05) is 32.1 Å². The number of aliphatic carboxylic acids is 1. The summed E-state index contributed by atoms with van der Waals surface area (Å²) in [6, 6.07) is 10.1. The van der Waals surface area contributed by atoms with Crippen molar-refractivity contribution in [1.29, 1.82) is 5.41 Å². The molecule has 2 fully saturated rings. The van der Waals surface area contributed by atoms with Gasteiger partial charge in [0.05, 0.1) is 10.6 Å². The van der Waals surface area contributed by atoms with Gasteiger partial charge in [-0.15, -0.1) is 0 Å². The lowest BCUT2D eigenvalue weighted by Crippen LogP contribution is -2.56. The molecule has 1 atom stereocenters. The van der Waals surface area contributed by atoms with Gasteiger partial charge in [-0.1, -0.05) is 17.7 Å². The highest BCUT2D eigenvalue weighted by Crippen LogP contribution is 2.38. The molecule has 2 aliphatic rings. The van der Waals surface area contributed by atoms with Crippen molar-refractivity contribution in [3.8, 4) is 0 Å². The van der Waals surface area contributed by atoms with Crippen LogP contribution in [0.1, 0.15) is 36.8 Å². The van der Waals surface area contributed by atoms with Crippen molar-refractivity contribution in [3.05, 3.63) is 59.7 Å². The molecule has 4 rings (SSSR count). The lowest BCUT2D eigenvalue weighted by Gasteiger charge is -2.40. The average molecular weight is 585 g/mol. The van der Waals surface area contributed by atoms with Crippen molar-refractivity contribution in [2.45, 2.75) is 49.1 Å². The summed E-state index contributed by atoms with van der Waals surface area (Å²) in [6.07, 6.45) is -0.117. The van der Waals surface area contributed by atoms with Gasteiger partial charge in [-0.3, -0.25) is 19.8 Å². The van der Waals surface area contributed by atoms with Gasteiger partial charge in [-0.2, -0.15) is 4.72 Å². The number of hydrogen-bond donors (Lipinski definition) is 4. The number of amidine groups is 1. The van der Waals surface area contributed by atoms with Gasteiger partial charge in [0.1, 0.15) is 17.4 Å². The number of benzene rings is 2. The molecule has 41 heavy (non-hydrogen) atoms. The Bertz CT molecular complexity index is 1480. The summed E-state index contributed by atoms with van der Waals surface area (Å²) in [5.41, 5.74) is 6.00. The van der Waals surface area contributed by atoms with Crippen LogP contribution in [0.4, 0.5) is 10.5 Å². The summed E-state index contributed by atoms with van der Waals surface area (Å²) in [5, 5.41) is 17.1. The van der Waals surface area contributed by atoms with Crippen LogP contribution in [0.5, 0.6) is 0 Å². The Hall–Kier alpha value is -4.30. The van der Waals surface area contributed by atoms with Crippen LogP contribution in [0.2, 0.25) is 0 Å². The first-order valence-electron chi connectivity index (χ1n) is 12.9. The van der Waals surface area contributed by atoms with E-state index in [1.807, 2.05) is 0 Å². The highest BCUT2D eigenvalue weighted by atomic mass is 32.2. The quantitative estimate of drug-likeness (QED) is 0.192. The lowest BCUT2D eigenvalue weighted by molar-refractivity contribution is -0.140. The SMILES string of the molecule is Cc1ccc(S(=O)(=O)N[C@@H](CCC(=O)N2CCC3(CC2)C(=O)N(c2ccc(C(=N)N)cc2)C(=O)N3C)C(=O)O)cc1. The second-order valence-corrected chi connectivity index (χ2v) is 11.9. The summed E-state index contributed by atoms with van der Waals surface area (Å²) >= 11 is 0. The summed E-state index contributed by atoms with van der Waals surface area (Å²) in [7, 11) is -2.57. The zero-order valence-electron chi connectivity index (χ0n) is 22.7. The maximum absolute atomic E-state index is 13.5. The van der Waals surface area contributed by atoms with E-state index in [1.54, 1.807) is 50.4 Å². The van der Waals surface area contributed by atoms with Gasteiger partial charge in [0.15, 0.2) is 0 Å². The van der Waals surface area contributed by atoms with Gasteiger partial charge in [0.2, 0.25) is 15.9 Å². The fourth-order valence-corrected chi connectivity index (χ4v) is 6.32. The van der Waals surface area contributed by atoms with E-state index in [9.17, 15) is 32.7 Å². The van der Waals surface area contributed by atoms with E-state index in [1.165, 1.54) is 21.9 Å². The van der Waals surface area contributed by atoms with Crippen LogP contribution in [-0.2, 0) is 24.4 Å². The fraction of sp³-hybridized carbons (Fsp3) is 0.370. The molecule has 0 bridgehead atoms. The highest BCUT2D eigenvalue weighted by Gasteiger charge is 2.57. The van der Waals surface area contributed by atoms with Crippen LogP contribution in [0, 0.1) is 12.3 Å². The number of rotatable bonds is 9. The van der Waals surface area contributed by atoms with E-state index in [0.29, 0.717) is 11.3 Å². The summed E-state index contributed by atoms with van der Waals surface area (Å²) in [5.74, 6) is -2.33. The predicted octanol–water partition coefficient (Wildman–Crippen LogP) is 1.25. The second-order valence-electron chi connectivity index (χ2n) is 10.2. The van der Waals surface area contributed by atoms with Crippen molar-refractivity contribution < 1.29 is 32.7 Å². The number of carbonyl (C=O) groups is 4. The number of anilines is 1. The number of aryl methyl sites for hydroxylation is 1. The standard InChI is InChI=1S/C27H32N6O7S/c1-17-3-9-20(10-4-17)41(39,40)30-21(24(35)36)11-12-22(34)32-15-13-27(14-16-32)25(37)33(26(38)31(27)2)19-7-5-18(6-8-19)23(28)29/h3-10,21,30H,11-16H2,1-2H3,(H3,28,29)(H,35,36)/t21-/m0/s1. The molecule has 2 saturated heterocycles. The molecule has 4 amide bonds. The Labute approximate surface area is 237 Å². The number of carbonyl (C=O) groups excluding carboxylic acids is 3. The van der Waals surface area contributed by atoms with Crippen molar-refractivity contribution in [2.24, 2.45) is 5.73 Å². The maximum Gasteiger partial charge on any atom is 0.332 e. The Kier molecular flexibility index (Phi) is 8.17. The molecule has 218 valence electrons. The van der Waals surface area contributed by atoms with E-state index in [2.05, 4.69) is 4.72 Å². The molecule has 2 heterocycles. The molecule has 0 aromatic heterocycles. The third kappa shape index (κ3) is 5.79. The minimum absolute atomic E-state index is 0.0780. The first-order valence-corrected chi connectivity index (χ1v) is 14.4. The van der Waals surface area contributed by atoms with E-state index in [0.717, 1.165) is 10.5 Å². The number of nitrogens with two attached hydrogens (primary N) is 1. The first-order chi connectivity index (χ1) is 19.3. The molecule has 0 unspecified atom stereocenters. The molecule has 13 nitrogen and oxygen atoms in total. The number of likely N-dealkylation sites (tertiary alicyclic amines) is 1. The lowest BCUT2D eigenvalue weighted by atomic mass is 9.86. The van der Waals surface area contributed by atoms with E-state index < -0.39 is 39.5 Å². The van der Waals surface area contributed by atoms with Crippen molar-refractivity contribution in [3.63, 3.8) is 0 Å². The Morgan fingerprint density at radius 2 is 1.66 bits per heavy atom. The van der Waals surface area contributed by atoms with Crippen molar-refractivity contribution >= 4 is 45.4 Å². The smallest absolute Gasteiger partial charge is 0.332 e. The van der Waals surface area contributed by atoms with Crippen LogP contribution in [0.3, 0.4) is 0 Å².